The molecule has 2 amide bonds. The molecule has 0 heterocycles. The van der Waals surface area contributed by atoms with E-state index in [4.69, 9.17) is 11.6 Å². The number of halogens is 1. The summed E-state index contributed by atoms with van der Waals surface area (Å²) in [6.07, 6.45) is 0.763. The molecule has 0 radical (unpaired) electrons. The van der Waals surface area contributed by atoms with Crippen LogP contribution in [0.5, 0.6) is 0 Å². The smallest absolute Gasteiger partial charge is 0.243 e. The van der Waals surface area contributed by atoms with Crippen LogP contribution in [0.2, 0.25) is 5.02 Å². The number of rotatable bonds is 12. The van der Waals surface area contributed by atoms with Gasteiger partial charge in [0.15, 0.2) is 0 Å². The molecular weight excluding hydrogens is 476 g/mol. The van der Waals surface area contributed by atoms with E-state index >= 15 is 0 Å². The van der Waals surface area contributed by atoms with Gasteiger partial charge in [0.25, 0.3) is 0 Å². The number of thioether (sulfide) groups is 1. The van der Waals surface area contributed by atoms with E-state index in [2.05, 4.69) is 19.2 Å². The topological polar surface area (TPSA) is 49.4 Å². The average molecular weight is 509 g/mol. The van der Waals surface area contributed by atoms with E-state index in [0.29, 0.717) is 36.1 Å². The molecule has 0 saturated heterocycles. The normalized spacial score (nSPS) is 11.8. The van der Waals surface area contributed by atoms with Gasteiger partial charge in [0.05, 0.1) is 0 Å². The van der Waals surface area contributed by atoms with E-state index in [0.717, 1.165) is 16.0 Å². The van der Waals surface area contributed by atoms with Crippen LogP contribution in [0.4, 0.5) is 0 Å². The molecule has 3 aromatic rings. The van der Waals surface area contributed by atoms with Gasteiger partial charge < -0.3 is 10.2 Å². The Labute approximate surface area is 218 Å². The molecule has 0 spiro atoms. The number of benzene rings is 3. The van der Waals surface area contributed by atoms with Crippen molar-refractivity contribution in [3.05, 3.63) is 101 Å². The van der Waals surface area contributed by atoms with Gasteiger partial charge in [0.1, 0.15) is 6.04 Å². The molecule has 0 aromatic heterocycles. The summed E-state index contributed by atoms with van der Waals surface area (Å²) in [6, 6.07) is 26.7. The first kappa shape index (κ1) is 26.8. The van der Waals surface area contributed by atoms with Crippen LogP contribution < -0.4 is 5.32 Å². The number of carbonyl (C=O) groups is 2. The van der Waals surface area contributed by atoms with Gasteiger partial charge in [-0.25, -0.2) is 0 Å². The molecule has 3 rings (SSSR count). The summed E-state index contributed by atoms with van der Waals surface area (Å²) in [7, 11) is 0. The average Bonchev–Trinajstić information content (AvgIpc) is 2.87. The summed E-state index contributed by atoms with van der Waals surface area (Å²) >= 11 is 8.10. The van der Waals surface area contributed by atoms with Gasteiger partial charge in [0, 0.05) is 41.6 Å². The monoisotopic (exact) mass is 508 g/mol. The van der Waals surface area contributed by atoms with Gasteiger partial charge in [-0.15, -0.1) is 11.8 Å². The highest BCUT2D eigenvalue weighted by atomic mass is 35.5. The molecule has 0 saturated carbocycles. The molecule has 0 bridgehead atoms. The van der Waals surface area contributed by atoms with E-state index in [1.807, 2.05) is 84.9 Å². The van der Waals surface area contributed by atoms with Crippen LogP contribution in [0, 0.1) is 5.92 Å². The Morgan fingerprint density at radius 3 is 2.20 bits per heavy atom. The lowest BCUT2D eigenvalue weighted by molar-refractivity contribution is -0.141. The Hall–Kier alpha value is -2.76. The van der Waals surface area contributed by atoms with Crippen LogP contribution in [-0.4, -0.2) is 35.1 Å². The van der Waals surface area contributed by atoms with Gasteiger partial charge in [-0.3, -0.25) is 9.59 Å². The zero-order chi connectivity index (χ0) is 25.0. The fourth-order valence-electron chi connectivity index (χ4n) is 3.70. The van der Waals surface area contributed by atoms with Gasteiger partial charge in [-0.2, -0.15) is 0 Å². The SMILES string of the molecule is CC(C)CNC(=O)[C@H](Cc1ccccc1)N(Cc1ccccc1Cl)C(=O)CCSc1ccccc1. The molecule has 0 aliphatic carbocycles. The number of hydrogen-bond donors (Lipinski definition) is 1. The summed E-state index contributed by atoms with van der Waals surface area (Å²) in [5.41, 5.74) is 1.83. The molecule has 35 heavy (non-hydrogen) atoms. The van der Waals surface area contributed by atoms with E-state index in [9.17, 15) is 9.59 Å². The molecular formula is C29H33ClN2O2S. The van der Waals surface area contributed by atoms with Crippen LogP contribution >= 0.6 is 23.4 Å². The Balaban J connectivity index is 1.85. The van der Waals surface area contributed by atoms with Gasteiger partial charge in [0.2, 0.25) is 11.8 Å². The molecule has 1 N–H and O–H groups in total. The summed E-state index contributed by atoms with van der Waals surface area (Å²) in [5.74, 6) is 0.743. The van der Waals surface area contributed by atoms with Crippen LogP contribution in [0.3, 0.4) is 0 Å². The minimum atomic E-state index is -0.637. The largest absolute Gasteiger partial charge is 0.354 e. The molecule has 0 aliphatic heterocycles. The first-order chi connectivity index (χ1) is 16.9. The van der Waals surface area contributed by atoms with Gasteiger partial charge in [-0.1, -0.05) is 92.2 Å². The molecule has 0 aliphatic rings. The first-order valence-electron chi connectivity index (χ1n) is 12.0. The second-order valence-electron chi connectivity index (χ2n) is 8.87. The maximum atomic E-state index is 13.6. The maximum Gasteiger partial charge on any atom is 0.243 e. The van der Waals surface area contributed by atoms with Crippen LogP contribution in [0.15, 0.2) is 89.8 Å². The predicted octanol–water partition coefficient (Wildman–Crippen LogP) is 6.23. The Morgan fingerprint density at radius 2 is 1.54 bits per heavy atom. The predicted molar refractivity (Wildman–Crippen MR) is 146 cm³/mol. The van der Waals surface area contributed by atoms with Crippen molar-refractivity contribution in [1.29, 1.82) is 0 Å². The number of nitrogens with one attached hydrogen (secondary N) is 1. The molecule has 184 valence electrons. The van der Waals surface area contributed by atoms with Crippen LogP contribution in [0.25, 0.3) is 0 Å². The van der Waals surface area contributed by atoms with E-state index in [1.165, 1.54) is 0 Å². The summed E-state index contributed by atoms with van der Waals surface area (Å²) in [6.45, 7) is 4.95. The number of amides is 2. The molecule has 0 unspecified atom stereocenters. The van der Waals surface area contributed by atoms with Gasteiger partial charge in [-0.05, 0) is 35.2 Å². The third kappa shape index (κ3) is 8.75. The summed E-state index contributed by atoms with van der Waals surface area (Å²) in [4.78, 5) is 29.9. The Bertz CT molecular complexity index is 1080. The summed E-state index contributed by atoms with van der Waals surface area (Å²) < 4.78 is 0. The Morgan fingerprint density at radius 1 is 0.914 bits per heavy atom. The highest BCUT2D eigenvalue weighted by Gasteiger charge is 2.30. The van der Waals surface area contributed by atoms with Crippen molar-refractivity contribution in [2.45, 2.75) is 44.2 Å². The zero-order valence-corrected chi connectivity index (χ0v) is 21.9. The minimum Gasteiger partial charge on any atom is -0.354 e. The fourth-order valence-corrected chi connectivity index (χ4v) is 4.76. The third-order valence-electron chi connectivity index (χ3n) is 5.58. The molecule has 4 nitrogen and oxygen atoms in total. The second kappa shape index (κ2) is 14.0. The third-order valence-corrected chi connectivity index (χ3v) is 6.96. The van der Waals surface area contributed by atoms with Crippen molar-refractivity contribution in [3.8, 4) is 0 Å². The Kier molecular flexibility index (Phi) is 10.7. The molecule has 0 fully saturated rings. The van der Waals surface area contributed by atoms with Crippen molar-refractivity contribution in [2.75, 3.05) is 12.3 Å². The van der Waals surface area contributed by atoms with E-state index < -0.39 is 6.04 Å². The maximum absolute atomic E-state index is 13.6. The lowest BCUT2D eigenvalue weighted by atomic mass is 10.0. The van der Waals surface area contributed by atoms with Crippen LogP contribution in [0.1, 0.15) is 31.4 Å². The van der Waals surface area contributed by atoms with Gasteiger partial charge >= 0.3 is 0 Å². The highest BCUT2D eigenvalue weighted by Crippen LogP contribution is 2.23. The number of nitrogens with zero attached hydrogens (tertiary/aromatic N) is 1. The van der Waals surface area contributed by atoms with E-state index in [1.54, 1.807) is 16.7 Å². The standard InChI is InChI=1S/C29H33ClN2O2S/c1-22(2)20-31-29(34)27(19-23-11-5-3-6-12-23)32(21-24-13-9-10-16-26(24)30)28(33)17-18-35-25-14-7-4-8-15-25/h3-16,22,27H,17-21H2,1-2H3,(H,31,34)/t27-/m0/s1. The van der Waals surface area contributed by atoms with Crippen LogP contribution in [-0.2, 0) is 22.6 Å². The second-order valence-corrected chi connectivity index (χ2v) is 10.4. The van der Waals surface area contributed by atoms with E-state index in [-0.39, 0.29) is 18.4 Å². The zero-order valence-electron chi connectivity index (χ0n) is 20.3. The number of carbonyl (C=O) groups excluding carboxylic acids is 2. The highest BCUT2D eigenvalue weighted by molar-refractivity contribution is 7.99. The molecule has 6 heteroatoms. The first-order valence-corrected chi connectivity index (χ1v) is 13.3. The molecule has 1 atom stereocenters. The lowest BCUT2D eigenvalue weighted by Crippen LogP contribution is -2.51. The van der Waals surface area contributed by atoms with Crippen molar-refractivity contribution in [3.63, 3.8) is 0 Å². The minimum absolute atomic E-state index is 0.0611. The lowest BCUT2D eigenvalue weighted by Gasteiger charge is -2.32. The van der Waals surface area contributed by atoms with Crippen molar-refractivity contribution >= 4 is 35.2 Å². The van der Waals surface area contributed by atoms with Crippen molar-refractivity contribution in [2.24, 2.45) is 5.92 Å². The van der Waals surface area contributed by atoms with Crippen molar-refractivity contribution < 1.29 is 9.59 Å². The molecule has 3 aromatic carbocycles. The fraction of sp³-hybridized carbons (Fsp3) is 0.310. The van der Waals surface area contributed by atoms with Crippen molar-refractivity contribution in [1.82, 2.24) is 10.2 Å². The summed E-state index contributed by atoms with van der Waals surface area (Å²) in [5, 5.41) is 3.64. The quantitative estimate of drug-likeness (QED) is 0.295. The number of hydrogen-bond acceptors (Lipinski definition) is 3.